The van der Waals surface area contributed by atoms with Gasteiger partial charge >= 0.3 is 11.9 Å². The lowest BCUT2D eigenvalue weighted by molar-refractivity contribution is -0.150. The Morgan fingerprint density at radius 2 is 1.62 bits per heavy atom. The second-order valence-corrected chi connectivity index (χ2v) is 9.10. The van der Waals surface area contributed by atoms with Crippen LogP contribution in [0.25, 0.3) is 11.3 Å². The normalized spacial score (nSPS) is 13.4. The Labute approximate surface area is 189 Å². The van der Waals surface area contributed by atoms with E-state index in [2.05, 4.69) is 42.8 Å². The number of carboxylic acid groups (broad SMARTS) is 1. The van der Waals surface area contributed by atoms with E-state index in [-0.39, 0.29) is 17.4 Å². The minimum absolute atomic E-state index is 0.197. The van der Waals surface area contributed by atoms with Crippen molar-refractivity contribution in [3.8, 4) is 11.3 Å². The molecule has 168 valence electrons. The van der Waals surface area contributed by atoms with Crippen LogP contribution in [-0.4, -0.2) is 32.6 Å². The van der Waals surface area contributed by atoms with E-state index in [9.17, 15) is 9.59 Å². The van der Waals surface area contributed by atoms with Crippen molar-refractivity contribution in [1.82, 2.24) is 14.9 Å². The van der Waals surface area contributed by atoms with Gasteiger partial charge in [0.2, 0.25) is 0 Å². The molecule has 1 amide bonds. The van der Waals surface area contributed by atoms with Crippen LogP contribution < -0.4 is 5.32 Å². The molecule has 0 aliphatic heterocycles. The van der Waals surface area contributed by atoms with E-state index < -0.39 is 11.9 Å². The predicted octanol–water partition coefficient (Wildman–Crippen LogP) is 4.71. The molecule has 0 bridgehead atoms. The van der Waals surface area contributed by atoms with E-state index in [0.717, 1.165) is 22.6 Å². The molecule has 0 saturated carbocycles. The van der Waals surface area contributed by atoms with Crippen molar-refractivity contribution in [2.24, 2.45) is 5.41 Å². The molecule has 3 aromatic rings. The topological polar surface area (TPSA) is 84.2 Å². The van der Waals surface area contributed by atoms with E-state index in [1.807, 2.05) is 61.7 Å². The zero-order chi connectivity index (χ0) is 23.3. The molecule has 1 aromatic heterocycles. The summed E-state index contributed by atoms with van der Waals surface area (Å²) in [7, 11) is 0. The van der Waals surface area contributed by atoms with E-state index in [4.69, 9.17) is 10.1 Å². The first kappa shape index (κ1) is 23.3. The summed E-state index contributed by atoms with van der Waals surface area (Å²) in [6.07, 6.45) is 2.63. The van der Waals surface area contributed by atoms with Gasteiger partial charge in [0.05, 0.1) is 5.69 Å². The number of nitrogens with zero attached hydrogens (tertiary/aromatic N) is 2. The first-order chi connectivity index (χ1) is 15.2. The van der Waals surface area contributed by atoms with Crippen LogP contribution in [0.1, 0.15) is 51.4 Å². The molecule has 2 aromatic carbocycles. The molecule has 0 radical (unpaired) electrons. The Hall–Kier alpha value is -3.41. The molecule has 0 spiro atoms. The summed E-state index contributed by atoms with van der Waals surface area (Å²) in [6, 6.07) is 19.7. The van der Waals surface area contributed by atoms with Crippen LogP contribution in [0.3, 0.4) is 0 Å². The average Bonchev–Trinajstić information content (AvgIpc) is 3.16. The molecule has 0 aliphatic carbocycles. The number of aliphatic carboxylic acids is 1. The zero-order valence-electron chi connectivity index (χ0n) is 19.1. The second kappa shape index (κ2) is 9.81. The van der Waals surface area contributed by atoms with Gasteiger partial charge in [-0.3, -0.25) is 4.79 Å². The number of aromatic nitrogens is 2. The van der Waals surface area contributed by atoms with Crippen LogP contribution in [0, 0.1) is 5.41 Å². The number of hydrogen-bond acceptors (Lipinski definition) is 3. The van der Waals surface area contributed by atoms with Gasteiger partial charge in [-0.05, 0) is 17.4 Å². The maximum Gasteiger partial charge on any atom is 0.394 e. The fourth-order valence-electron chi connectivity index (χ4n) is 4.16. The molecule has 3 rings (SSSR count). The number of amides is 1. The van der Waals surface area contributed by atoms with Gasteiger partial charge in [0, 0.05) is 30.3 Å². The lowest BCUT2D eigenvalue weighted by Crippen LogP contribution is -2.46. The van der Waals surface area contributed by atoms with Gasteiger partial charge in [0.1, 0.15) is 5.82 Å². The lowest BCUT2D eigenvalue weighted by atomic mass is 9.74. The average molecular weight is 434 g/mol. The largest absolute Gasteiger partial charge is 0.474 e. The molecule has 1 heterocycles. The lowest BCUT2D eigenvalue weighted by Gasteiger charge is -2.36. The van der Waals surface area contributed by atoms with Crippen LogP contribution in [0.2, 0.25) is 0 Å². The molecule has 0 fully saturated rings. The van der Waals surface area contributed by atoms with Crippen molar-refractivity contribution < 1.29 is 14.7 Å². The Morgan fingerprint density at radius 3 is 2.16 bits per heavy atom. The van der Waals surface area contributed by atoms with Crippen molar-refractivity contribution in [1.29, 1.82) is 0 Å². The standard InChI is InChI=1S/C26H31N3O3/c1-5-20(28-24(30)25(31)32)22(26(2,3)4)23-27-21(19-14-10-7-11-15-19)17-29(23)16-18-12-8-6-9-13-18/h6-15,17,20,22H,5,16H2,1-4H3,(H,28,30)(H,31,32)/t20?,22-/m1/s1. The summed E-state index contributed by atoms with van der Waals surface area (Å²) in [5, 5.41) is 11.9. The van der Waals surface area contributed by atoms with E-state index >= 15 is 0 Å². The van der Waals surface area contributed by atoms with Gasteiger partial charge in [-0.25, -0.2) is 9.78 Å². The van der Waals surface area contributed by atoms with Crippen molar-refractivity contribution in [3.63, 3.8) is 0 Å². The highest BCUT2D eigenvalue weighted by atomic mass is 16.4. The van der Waals surface area contributed by atoms with Gasteiger partial charge in [0.25, 0.3) is 0 Å². The minimum atomic E-state index is -1.48. The Kier molecular flexibility index (Phi) is 7.13. The maximum absolute atomic E-state index is 12.0. The first-order valence-corrected chi connectivity index (χ1v) is 10.9. The zero-order valence-corrected chi connectivity index (χ0v) is 19.1. The van der Waals surface area contributed by atoms with E-state index in [0.29, 0.717) is 13.0 Å². The summed E-state index contributed by atoms with van der Waals surface area (Å²) in [5.41, 5.74) is 2.72. The molecule has 0 saturated heterocycles. The number of hydrogen-bond donors (Lipinski definition) is 2. The van der Waals surface area contributed by atoms with Crippen molar-refractivity contribution in [3.05, 3.63) is 78.2 Å². The highest BCUT2D eigenvalue weighted by Gasteiger charge is 2.38. The first-order valence-electron chi connectivity index (χ1n) is 10.9. The third-order valence-corrected chi connectivity index (χ3v) is 5.64. The van der Waals surface area contributed by atoms with Gasteiger partial charge < -0.3 is 15.0 Å². The molecular formula is C26H31N3O3. The smallest absolute Gasteiger partial charge is 0.394 e. The number of nitrogens with one attached hydrogen (secondary N) is 1. The monoisotopic (exact) mass is 433 g/mol. The maximum atomic E-state index is 12.0. The summed E-state index contributed by atoms with van der Waals surface area (Å²) in [4.78, 5) is 28.3. The Balaban J connectivity index is 2.12. The summed E-state index contributed by atoms with van der Waals surface area (Å²) in [6.45, 7) is 8.87. The molecule has 6 nitrogen and oxygen atoms in total. The third-order valence-electron chi connectivity index (χ3n) is 5.64. The van der Waals surface area contributed by atoms with Crippen LogP contribution in [0.4, 0.5) is 0 Å². The number of benzene rings is 2. The third kappa shape index (κ3) is 5.44. The number of carbonyl (C=O) groups is 2. The fourth-order valence-corrected chi connectivity index (χ4v) is 4.16. The Bertz CT molecular complexity index is 1050. The van der Waals surface area contributed by atoms with Crippen molar-refractivity contribution >= 4 is 11.9 Å². The van der Waals surface area contributed by atoms with Crippen molar-refractivity contribution in [2.45, 2.75) is 52.6 Å². The number of imidazole rings is 1. The van der Waals surface area contributed by atoms with Gasteiger partial charge in [0.15, 0.2) is 0 Å². The van der Waals surface area contributed by atoms with E-state index in [1.54, 1.807) is 0 Å². The summed E-state index contributed by atoms with van der Waals surface area (Å²) >= 11 is 0. The molecule has 32 heavy (non-hydrogen) atoms. The SMILES string of the molecule is CCC(NC(=O)C(=O)O)[C@H](c1nc(-c2ccccc2)cn1Cc1ccccc1)C(C)(C)C. The molecular weight excluding hydrogens is 402 g/mol. The van der Waals surface area contributed by atoms with Gasteiger partial charge in [-0.1, -0.05) is 88.4 Å². The summed E-state index contributed by atoms with van der Waals surface area (Å²) in [5.74, 6) is -1.83. The second-order valence-electron chi connectivity index (χ2n) is 9.10. The van der Waals surface area contributed by atoms with Gasteiger partial charge in [-0.15, -0.1) is 0 Å². The molecule has 2 N–H and O–H groups in total. The van der Waals surface area contributed by atoms with Crippen LogP contribution >= 0.6 is 0 Å². The predicted molar refractivity (Wildman–Crippen MR) is 125 cm³/mol. The molecule has 2 atom stereocenters. The van der Waals surface area contributed by atoms with Crippen LogP contribution in [-0.2, 0) is 16.1 Å². The van der Waals surface area contributed by atoms with Crippen molar-refractivity contribution in [2.75, 3.05) is 0 Å². The summed E-state index contributed by atoms with van der Waals surface area (Å²) < 4.78 is 2.13. The highest BCUT2D eigenvalue weighted by molar-refractivity contribution is 6.31. The Morgan fingerprint density at radius 1 is 1.03 bits per heavy atom. The van der Waals surface area contributed by atoms with E-state index in [1.165, 1.54) is 0 Å². The fraction of sp³-hybridized carbons (Fsp3) is 0.346. The number of carbonyl (C=O) groups excluding carboxylic acids is 1. The number of rotatable bonds is 7. The molecule has 6 heteroatoms. The van der Waals surface area contributed by atoms with Gasteiger partial charge in [-0.2, -0.15) is 0 Å². The minimum Gasteiger partial charge on any atom is -0.474 e. The highest BCUT2D eigenvalue weighted by Crippen LogP contribution is 2.39. The van der Waals surface area contributed by atoms with Crippen LogP contribution in [0.15, 0.2) is 66.9 Å². The number of carboxylic acids is 1. The molecule has 1 unspecified atom stereocenters. The van der Waals surface area contributed by atoms with Crippen LogP contribution in [0.5, 0.6) is 0 Å². The quantitative estimate of drug-likeness (QED) is 0.529. The molecule has 0 aliphatic rings.